The van der Waals surface area contributed by atoms with Crippen LogP contribution in [0.1, 0.15) is 16.1 Å². The molecule has 2 aromatic rings. The van der Waals surface area contributed by atoms with Gasteiger partial charge in [0, 0.05) is 18.8 Å². The number of rotatable bonds is 3. The van der Waals surface area contributed by atoms with Crippen molar-refractivity contribution in [1.29, 1.82) is 0 Å². The van der Waals surface area contributed by atoms with Crippen molar-refractivity contribution < 1.29 is 9.53 Å². The van der Waals surface area contributed by atoms with Crippen LogP contribution in [-0.4, -0.2) is 29.1 Å². The molecule has 0 saturated heterocycles. The van der Waals surface area contributed by atoms with Crippen LogP contribution in [0.3, 0.4) is 0 Å². The van der Waals surface area contributed by atoms with Crippen LogP contribution < -0.4 is 15.8 Å². The lowest BCUT2D eigenvalue weighted by Gasteiger charge is -2.09. The summed E-state index contributed by atoms with van der Waals surface area (Å²) in [5.41, 5.74) is 6.97. The summed E-state index contributed by atoms with van der Waals surface area (Å²) in [6, 6.07) is 5.29. The molecule has 0 spiro atoms. The molecule has 21 heavy (non-hydrogen) atoms. The second-order valence-corrected chi connectivity index (χ2v) is 4.30. The number of nitrogens with one attached hydrogen (secondary N) is 1. The number of aromatic nitrogens is 2. The average molecular weight is 284 g/mol. The second kappa shape index (κ2) is 6.59. The molecular weight excluding hydrogens is 268 g/mol. The first-order valence-electron chi connectivity index (χ1n) is 6.30. The van der Waals surface area contributed by atoms with E-state index >= 15 is 0 Å². The molecule has 0 radical (unpaired) electrons. The Morgan fingerprint density at radius 1 is 1.52 bits per heavy atom. The molecule has 2 rings (SSSR count). The van der Waals surface area contributed by atoms with Crippen molar-refractivity contribution >= 4 is 11.6 Å². The number of imidazole rings is 1. The summed E-state index contributed by atoms with van der Waals surface area (Å²) in [6.45, 7) is 0.279. The molecular formula is C15H16N4O2. The Hall–Kier alpha value is -2.78. The standard InChI is InChI=1S/C15H16N4O2/c1-19-9-13(17-10-19)15(20)18-12-8-11(4-3-7-16)5-6-14(12)21-2/h5-6,8-10H,7,16H2,1-2H3,(H,18,20). The van der Waals surface area contributed by atoms with Crippen LogP contribution in [0, 0.1) is 11.8 Å². The smallest absolute Gasteiger partial charge is 0.275 e. The Morgan fingerprint density at radius 2 is 2.33 bits per heavy atom. The lowest BCUT2D eigenvalue weighted by molar-refractivity contribution is 0.102. The predicted octanol–water partition coefficient (Wildman–Crippen LogP) is 0.991. The zero-order valence-electron chi connectivity index (χ0n) is 11.9. The largest absolute Gasteiger partial charge is 0.495 e. The minimum absolute atomic E-state index is 0.279. The van der Waals surface area contributed by atoms with Gasteiger partial charge in [0.25, 0.3) is 5.91 Å². The molecule has 0 atom stereocenters. The molecule has 1 aromatic carbocycles. The van der Waals surface area contributed by atoms with Crippen LogP contribution >= 0.6 is 0 Å². The van der Waals surface area contributed by atoms with Gasteiger partial charge in [-0.05, 0) is 18.2 Å². The minimum atomic E-state index is -0.308. The van der Waals surface area contributed by atoms with E-state index in [9.17, 15) is 4.79 Å². The quantitative estimate of drug-likeness (QED) is 0.824. The van der Waals surface area contributed by atoms with E-state index in [0.29, 0.717) is 17.1 Å². The lowest BCUT2D eigenvalue weighted by atomic mass is 10.2. The average Bonchev–Trinajstić information content (AvgIpc) is 2.92. The van der Waals surface area contributed by atoms with E-state index in [0.717, 1.165) is 5.56 Å². The van der Waals surface area contributed by atoms with Gasteiger partial charge in [0.2, 0.25) is 0 Å². The van der Waals surface area contributed by atoms with Crippen molar-refractivity contribution in [3.05, 3.63) is 42.0 Å². The Morgan fingerprint density at radius 3 is 2.95 bits per heavy atom. The highest BCUT2D eigenvalue weighted by atomic mass is 16.5. The van der Waals surface area contributed by atoms with E-state index in [1.165, 1.54) is 7.11 Å². The monoisotopic (exact) mass is 284 g/mol. The number of hydrogen-bond acceptors (Lipinski definition) is 4. The van der Waals surface area contributed by atoms with Crippen molar-refractivity contribution in [1.82, 2.24) is 9.55 Å². The summed E-state index contributed by atoms with van der Waals surface area (Å²) < 4.78 is 6.94. The molecule has 1 amide bonds. The van der Waals surface area contributed by atoms with Gasteiger partial charge >= 0.3 is 0 Å². The van der Waals surface area contributed by atoms with E-state index in [2.05, 4.69) is 22.1 Å². The number of amides is 1. The SMILES string of the molecule is COc1ccc(C#CCN)cc1NC(=O)c1cn(C)cn1. The number of nitrogens with two attached hydrogens (primary N) is 1. The van der Waals surface area contributed by atoms with Crippen molar-refractivity contribution in [2.24, 2.45) is 12.8 Å². The number of anilines is 1. The Kier molecular flexibility index (Phi) is 4.59. The molecule has 0 aliphatic heterocycles. The molecule has 6 nitrogen and oxygen atoms in total. The third-order valence-corrected chi connectivity index (χ3v) is 2.72. The molecule has 0 unspecified atom stereocenters. The number of benzene rings is 1. The Labute approximate surface area is 122 Å². The topological polar surface area (TPSA) is 82.2 Å². The highest BCUT2D eigenvalue weighted by Gasteiger charge is 2.12. The van der Waals surface area contributed by atoms with Gasteiger partial charge in [0.15, 0.2) is 0 Å². The van der Waals surface area contributed by atoms with Crippen LogP contribution in [0.2, 0.25) is 0 Å². The fraction of sp³-hybridized carbons (Fsp3) is 0.200. The molecule has 1 heterocycles. The molecule has 0 saturated carbocycles. The first-order chi connectivity index (χ1) is 10.1. The molecule has 3 N–H and O–H groups in total. The van der Waals surface area contributed by atoms with Crippen LogP contribution in [0.4, 0.5) is 5.69 Å². The van der Waals surface area contributed by atoms with Gasteiger partial charge in [-0.3, -0.25) is 4.79 Å². The maximum Gasteiger partial charge on any atom is 0.275 e. The predicted molar refractivity (Wildman–Crippen MR) is 80.1 cm³/mol. The number of nitrogens with zero attached hydrogens (tertiary/aromatic N) is 2. The third kappa shape index (κ3) is 3.61. The number of aryl methyl sites for hydroxylation is 1. The highest BCUT2D eigenvalue weighted by Crippen LogP contribution is 2.25. The molecule has 0 aliphatic rings. The Balaban J connectivity index is 2.26. The van der Waals surface area contributed by atoms with Gasteiger partial charge in [-0.15, -0.1) is 0 Å². The number of carbonyl (C=O) groups is 1. The normalized spacial score (nSPS) is 9.67. The summed E-state index contributed by atoms with van der Waals surface area (Å²) in [4.78, 5) is 16.1. The van der Waals surface area contributed by atoms with Gasteiger partial charge in [-0.2, -0.15) is 0 Å². The molecule has 1 aromatic heterocycles. The minimum Gasteiger partial charge on any atom is -0.495 e. The van der Waals surface area contributed by atoms with Crippen LogP contribution in [0.15, 0.2) is 30.7 Å². The number of carbonyl (C=O) groups excluding carboxylic acids is 1. The van der Waals surface area contributed by atoms with E-state index in [1.807, 2.05) is 0 Å². The fourth-order valence-corrected chi connectivity index (χ4v) is 1.75. The van der Waals surface area contributed by atoms with E-state index in [-0.39, 0.29) is 12.5 Å². The first-order valence-corrected chi connectivity index (χ1v) is 6.30. The molecule has 0 aliphatic carbocycles. The van der Waals surface area contributed by atoms with Crippen LogP contribution in [-0.2, 0) is 7.05 Å². The van der Waals surface area contributed by atoms with Crippen LogP contribution in [0.5, 0.6) is 5.75 Å². The maximum atomic E-state index is 12.1. The van der Waals surface area contributed by atoms with Crippen molar-refractivity contribution in [3.8, 4) is 17.6 Å². The van der Waals surface area contributed by atoms with Crippen LogP contribution in [0.25, 0.3) is 0 Å². The van der Waals surface area contributed by atoms with Gasteiger partial charge in [0.05, 0.1) is 25.7 Å². The molecule has 0 fully saturated rings. The van der Waals surface area contributed by atoms with Gasteiger partial charge in [-0.25, -0.2) is 4.98 Å². The number of ether oxygens (including phenoxy) is 1. The summed E-state index contributed by atoms with van der Waals surface area (Å²) in [5, 5.41) is 2.77. The van der Waals surface area contributed by atoms with E-state index in [1.54, 1.807) is 42.3 Å². The Bertz CT molecular complexity index is 710. The summed E-state index contributed by atoms with van der Waals surface area (Å²) in [7, 11) is 3.34. The fourth-order valence-electron chi connectivity index (χ4n) is 1.75. The summed E-state index contributed by atoms with van der Waals surface area (Å²) in [6.07, 6.45) is 3.20. The van der Waals surface area contributed by atoms with Crippen molar-refractivity contribution in [2.75, 3.05) is 19.0 Å². The third-order valence-electron chi connectivity index (χ3n) is 2.72. The number of methoxy groups -OCH3 is 1. The number of hydrogen-bond donors (Lipinski definition) is 2. The zero-order valence-corrected chi connectivity index (χ0v) is 11.9. The highest BCUT2D eigenvalue weighted by molar-refractivity contribution is 6.03. The molecule has 6 heteroatoms. The zero-order chi connectivity index (χ0) is 15.2. The first kappa shape index (κ1) is 14.6. The van der Waals surface area contributed by atoms with Gasteiger partial charge in [0.1, 0.15) is 11.4 Å². The molecule has 0 bridgehead atoms. The van der Waals surface area contributed by atoms with Gasteiger partial charge < -0.3 is 20.4 Å². The van der Waals surface area contributed by atoms with Gasteiger partial charge in [-0.1, -0.05) is 11.8 Å². The van der Waals surface area contributed by atoms with Crippen molar-refractivity contribution in [2.45, 2.75) is 0 Å². The van der Waals surface area contributed by atoms with E-state index < -0.39 is 0 Å². The van der Waals surface area contributed by atoms with E-state index in [4.69, 9.17) is 10.5 Å². The summed E-state index contributed by atoms with van der Waals surface area (Å²) >= 11 is 0. The van der Waals surface area contributed by atoms with Crippen molar-refractivity contribution in [3.63, 3.8) is 0 Å². The second-order valence-electron chi connectivity index (χ2n) is 4.30. The lowest BCUT2D eigenvalue weighted by Crippen LogP contribution is -2.13. The maximum absolute atomic E-state index is 12.1. The summed E-state index contributed by atoms with van der Waals surface area (Å²) in [5.74, 6) is 5.92. The molecule has 108 valence electrons.